The van der Waals surface area contributed by atoms with Crippen LogP contribution in [-0.4, -0.2) is 54.0 Å². The molecular weight excluding hydrogens is 342 g/mol. The van der Waals surface area contributed by atoms with Crippen LogP contribution < -0.4 is 4.74 Å². The van der Waals surface area contributed by atoms with Gasteiger partial charge in [0.1, 0.15) is 11.3 Å². The number of hydrogen-bond acceptors (Lipinski definition) is 5. The van der Waals surface area contributed by atoms with Gasteiger partial charge < -0.3 is 14.1 Å². The third-order valence-electron chi connectivity index (χ3n) is 5.13. The molecule has 4 rings (SSSR count). The highest BCUT2D eigenvalue weighted by Gasteiger charge is 2.26. The second-order valence-corrected chi connectivity index (χ2v) is 6.85. The number of aromatic nitrogens is 1. The van der Waals surface area contributed by atoms with Gasteiger partial charge in [0, 0.05) is 56.1 Å². The Balaban J connectivity index is 1.45. The van der Waals surface area contributed by atoms with E-state index in [0.717, 1.165) is 36.3 Å². The number of carbonyl (C=O) groups is 1. The van der Waals surface area contributed by atoms with E-state index >= 15 is 0 Å². The van der Waals surface area contributed by atoms with E-state index in [-0.39, 0.29) is 5.91 Å². The number of rotatable bonds is 4. The minimum atomic E-state index is -0.0382. The molecule has 0 unspecified atom stereocenters. The Kier molecular flexibility index (Phi) is 4.81. The molecule has 0 saturated carbocycles. The largest absolute Gasteiger partial charge is 0.497 e. The standard InChI is InChI=1S/C21H23N3O3/c1-15-18-12-17(26-2)5-6-19(18)27-20(15)21(25)24-10-8-23(9-11-24)14-16-4-3-7-22-13-16/h3-7,12-13H,8-11,14H2,1-2H3. The maximum absolute atomic E-state index is 13.0. The molecule has 1 fully saturated rings. The van der Waals surface area contributed by atoms with Crippen LogP contribution in [0.2, 0.25) is 0 Å². The van der Waals surface area contributed by atoms with Crippen molar-refractivity contribution in [1.82, 2.24) is 14.8 Å². The predicted molar refractivity (Wildman–Crippen MR) is 103 cm³/mol. The number of amides is 1. The van der Waals surface area contributed by atoms with E-state index in [1.165, 1.54) is 5.56 Å². The first-order valence-electron chi connectivity index (χ1n) is 9.13. The Labute approximate surface area is 158 Å². The van der Waals surface area contributed by atoms with E-state index in [0.29, 0.717) is 24.4 Å². The normalized spacial score (nSPS) is 15.3. The van der Waals surface area contributed by atoms with E-state index < -0.39 is 0 Å². The van der Waals surface area contributed by atoms with Gasteiger partial charge in [-0.3, -0.25) is 14.7 Å². The molecular formula is C21H23N3O3. The Morgan fingerprint density at radius 3 is 2.74 bits per heavy atom. The first-order valence-corrected chi connectivity index (χ1v) is 9.13. The fraction of sp³-hybridized carbons (Fsp3) is 0.333. The van der Waals surface area contributed by atoms with Crippen molar-refractivity contribution in [2.75, 3.05) is 33.3 Å². The fourth-order valence-corrected chi connectivity index (χ4v) is 3.53. The van der Waals surface area contributed by atoms with Gasteiger partial charge in [-0.25, -0.2) is 0 Å². The summed E-state index contributed by atoms with van der Waals surface area (Å²) in [6, 6.07) is 9.64. The van der Waals surface area contributed by atoms with E-state index in [9.17, 15) is 4.79 Å². The fourth-order valence-electron chi connectivity index (χ4n) is 3.53. The number of methoxy groups -OCH3 is 1. The predicted octanol–water partition coefficient (Wildman–Crippen LogP) is 3.10. The molecule has 2 aromatic heterocycles. The maximum atomic E-state index is 13.0. The van der Waals surface area contributed by atoms with Crippen molar-refractivity contribution in [3.63, 3.8) is 0 Å². The zero-order chi connectivity index (χ0) is 18.8. The maximum Gasteiger partial charge on any atom is 0.289 e. The lowest BCUT2D eigenvalue weighted by Gasteiger charge is -2.34. The number of benzene rings is 1. The lowest BCUT2D eigenvalue weighted by Crippen LogP contribution is -2.48. The average molecular weight is 365 g/mol. The van der Waals surface area contributed by atoms with Gasteiger partial charge in [0.25, 0.3) is 5.91 Å². The summed E-state index contributed by atoms with van der Waals surface area (Å²) in [5.74, 6) is 1.15. The zero-order valence-electron chi connectivity index (χ0n) is 15.6. The smallest absolute Gasteiger partial charge is 0.289 e. The van der Waals surface area contributed by atoms with Crippen molar-refractivity contribution < 1.29 is 13.9 Å². The van der Waals surface area contributed by atoms with Gasteiger partial charge in [-0.15, -0.1) is 0 Å². The van der Waals surface area contributed by atoms with E-state index in [4.69, 9.17) is 9.15 Å². The molecule has 0 spiro atoms. The molecule has 27 heavy (non-hydrogen) atoms. The van der Waals surface area contributed by atoms with E-state index in [2.05, 4.69) is 16.0 Å². The molecule has 1 amide bonds. The highest BCUT2D eigenvalue weighted by molar-refractivity contribution is 5.99. The summed E-state index contributed by atoms with van der Waals surface area (Å²) in [5, 5.41) is 0.924. The van der Waals surface area contributed by atoms with Crippen LogP contribution in [0.3, 0.4) is 0 Å². The molecule has 1 aromatic carbocycles. The highest BCUT2D eigenvalue weighted by Crippen LogP contribution is 2.29. The van der Waals surface area contributed by atoms with Crippen molar-refractivity contribution >= 4 is 16.9 Å². The molecule has 1 saturated heterocycles. The topological polar surface area (TPSA) is 58.8 Å². The number of pyridine rings is 1. The van der Waals surface area contributed by atoms with Crippen LogP contribution >= 0.6 is 0 Å². The number of piperazine rings is 1. The second kappa shape index (κ2) is 7.40. The lowest BCUT2D eigenvalue weighted by atomic mass is 10.1. The molecule has 6 heteroatoms. The highest BCUT2D eigenvalue weighted by atomic mass is 16.5. The number of furan rings is 1. The minimum Gasteiger partial charge on any atom is -0.497 e. The Hall–Kier alpha value is -2.86. The van der Waals surface area contributed by atoms with Crippen LogP contribution in [0.1, 0.15) is 21.7 Å². The molecule has 1 aliphatic heterocycles. The van der Waals surface area contributed by atoms with Crippen LogP contribution in [0.5, 0.6) is 5.75 Å². The summed E-state index contributed by atoms with van der Waals surface area (Å²) >= 11 is 0. The first kappa shape index (κ1) is 17.5. The summed E-state index contributed by atoms with van der Waals surface area (Å²) in [7, 11) is 1.63. The van der Waals surface area contributed by atoms with Gasteiger partial charge in [0.2, 0.25) is 0 Å². The number of fused-ring (bicyclic) bond motifs is 1. The summed E-state index contributed by atoms with van der Waals surface area (Å²) in [6.45, 7) is 5.86. The zero-order valence-corrected chi connectivity index (χ0v) is 15.6. The van der Waals surface area contributed by atoms with Crippen LogP contribution in [0.15, 0.2) is 47.1 Å². The van der Waals surface area contributed by atoms with Crippen LogP contribution in [0.4, 0.5) is 0 Å². The van der Waals surface area contributed by atoms with Crippen LogP contribution in [-0.2, 0) is 6.54 Å². The van der Waals surface area contributed by atoms with Gasteiger partial charge in [0.05, 0.1) is 7.11 Å². The number of nitrogens with zero attached hydrogens (tertiary/aromatic N) is 3. The van der Waals surface area contributed by atoms with Gasteiger partial charge in [-0.2, -0.15) is 0 Å². The van der Waals surface area contributed by atoms with E-state index in [1.807, 2.05) is 42.3 Å². The monoisotopic (exact) mass is 365 g/mol. The molecule has 0 radical (unpaired) electrons. The van der Waals surface area contributed by atoms with Crippen molar-refractivity contribution in [3.05, 3.63) is 59.6 Å². The molecule has 0 aliphatic carbocycles. The number of aryl methyl sites for hydroxylation is 1. The molecule has 6 nitrogen and oxygen atoms in total. The number of hydrogen-bond donors (Lipinski definition) is 0. The molecule has 0 N–H and O–H groups in total. The van der Waals surface area contributed by atoms with E-state index in [1.54, 1.807) is 13.3 Å². The summed E-state index contributed by atoms with van der Waals surface area (Å²) in [6.07, 6.45) is 3.68. The quantitative estimate of drug-likeness (QED) is 0.711. The van der Waals surface area contributed by atoms with Crippen LogP contribution in [0, 0.1) is 6.92 Å². The Morgan fingerprint density at radius 2 is 2.04 bits per heavy atom. The summed E-state index contributed by atoms with van der Waals surface area (Å²) in [5.41, 5.74) is 2.78. The molecule has 0 bridgehead atoms. The van der Waals surface area contributed by atoms with Gasteiger partial charge in [0.15, 0.2) is 5.76 Å². The van der Waals surface area contributed by atoms with Gasteiger partial charge in [-0.05, 0) is 36.8 Å². The Morgan fingerprint density at radius 1 is 1.22 bits per heavy atom. The van der Waals surface area contributed by atoms with Crippen molar-refractivity contribution in [3.8, 4) is 5.75 Å². The average Bonchev–Trinajstić information content (AvgIpc) is 3.05. The number of ether oxygens (including phenoxy) is 1. The lowest BCUT2D eigenvalue weighted by molar-refractivity contribution is 0.0599. The number of carbonyl (C=O) groups excluding carboxylic acids is 1. The van der Waals surface area contributed by atoms with Gasteiger partial charge >= 0.3 is 0 Å². The molecule has 140 valence electrons. The summed E-state index contributed by atoms with van der Waals surface area (Å²) in [4.78, 5) is 21.4. The third-order valence-corrected chi connectivity index (χ3v) is 5.13. The SMILES string of the molecule is COc1ccc2oc(C(=O)N3CCN(Cc4cccnc4)CC3)c(C)c2c1. The molecule has 1 aliphatic rings. The van der Waals surface area contributed by atoms with Crippen LogP contribution in [0.25, 0.3) is 11.0 Å². The summed E-state index contributed by atoms with van der Waals surface area (Å²) < 4.78 is 11.1. The first-order chi connectivity index (χ1) is 13.2. The second-order valence-electron chi connectivity index (χ2n) is 6.85. The van der Waals surface area contributed by atoms with Crippen molar-refractivity contribution in [1.29, 1.82) is 0 Å². The molecule has 3 heterocycles. The third kappa shape index (κ3) is 3.53. The van der Waals surface area contributed by atoms with Crippen molar-refractivity contribution in [2.24, 2.45) is 0 Å². The van der Waals surface area contributed by atoms with Gasteiger partial charge in [-0.1, -0.05) is 6.07 Å². The Bertz CT molecular complexity index is 944. The minimum absolute atomic E-state index is 0.0382. The molecule has 3 aromatic rings. The molecule has 0 atom stereocenters. The van der Waals surface area contributed by atoms with Crippen molar-refractivity contribution in [2.45, 2.75) is 13.5 Å².